The standard InChI is InChI=1S/C9H9N5O4/c1-2-18-7-4-5(9-10-12-13-11-9)3-6(8(7)15)14(16)17/h3-4,15H,2H2,1H3,(H,10,11,12,13)/p-1. The highest BCUT2D eigenvalue weighted by Crippen LogP contribution is 2.37. The summed E-state index contributed by atoms with van der Waals surface area (Å²) in [5, 5.41) is 35.4. The van der Waals surface area contributed by atoms with Gasteiger partial charge >= 0.3 is 0 Å². The summed E-state index contributed by atoms with van der Waals surface area (Å²) in [4.78, 5) is 10.0. The van der Waals surface area contributed by atoms with Crippen LogP contribution in [-0.2, 0) is 0 Å². The van der Waals surface area contributed by atoms with Crippen LogP contribution in [0.3, 0.4) is 0 Å². The molecular formula is C9H8N5O4-. The number of nitrogens with zero attached hydrogens (tertiary/aromatic N) is 4. The molecule has 0 aliphatic rings. The van der Waals surface area contributed by atoms with E-state index in [4.69, 9.17) is 4.74 Å². The normalized spacial score (nSPS) is 10.3. The van der Waals surface area contributed by atoms with E-state index in [0.717, 1.165) is 6.07 Å². The van der Waals surface area contributed by atoms with Crippen LogP contribution < -0.4 is 9.84 Å². The Hall–Kier alpha value is -2.71. The molecule has 1 aromatic heterocycles. The maximum atomic E-state index is 11.7. The number of rotatable bonds is 4. The van der Waals surface area contributed by atoms with Crippen molar-refractivity contribution in [3.8, 4) is 22.9 Å². The Labute approximate surface area is 101 Å². The predicted octanol–water partition coefficient (Wildman–Crippen LogP) is 0.247. The topological polar surface area (TPSA) is 130 Å². The number of nitrogens with one attached hydrogen (secondary N) is 1. The van der Waals surface area contributed by atoms with Gasteiger partial charge in [-0.25, -0.2) is 0 Å². The van der Waals surface area contributed by atoms with Crippen molar-refractivity contribution in [2.45, 2.75) is 6.92 Å². The average Bonchev–Trinajstić information content (AvgIpc) is 2.85. The van der Waals surface area contributed by atoms with Crippen molar-refractivity contribution in [3.63, 3.8) is 0 Å². The molecule has 0 fully saturated rings. The van der Waals surface area contributed by atoms with Gasteiger partial charge in [-0.15, -0.1) is 10.2 Å². The Morgan fingerprint density at radius 1 is 1.50 bits per heavy atom. The van der Waals surface area contributed by atoms with E-state index < -0.39 is 16.4 Å². The minimum atomic E-state index is -0.769. The number of aromatic amines is 1. The molecule has 0 saturated heterocycles. The van der Waals surface area contributed by atoms with Gasteiger partial charge in [-0.05, 0) is 18.2 Å². The molecule has 18 heavy (non-hydrogen) atoms. The summed E-state index contributed by atoms with van der Waals surface area (Å²) in [5.41, 5.74) is -0.292. The Balaban J connectivity index is 2.58. The van der Waals surface area contributed by atoms with Crippen molar-refractivity contribution in [1.29, 1.82) is 0 Å². The van der Waals surface area contributed by atoms with Gasteiger partial charge < -0.3 is 9.84 Å². The van der Waals surface area contributed by atoms with Crippen LogP contribution in [0.2, 0.25) is 0 Å². The second kappa shape index (κ2) is 4.65. The molecule has 1 heterocycles. The summed E-state index contributed by atoms with van der Waals surface area (Å²) in [6, 6.07) is 2.44. The van der Waals surface area contributed by atoms with Gasteiger partial charge in [0.25, 0.3) is 5.69 Å². The van der Waals surface area contributed by atoms with Crippen molar-refractivity contribution in [2.24, 2.45) is 0 Å². The number of hydrogen-bond donors (Lipinski definition) is 1. The van der Waals surface area contributed by atoms with Crippen molar-refractivity contribution in [1.82, 2.24) is 20.6 Å². The molecule has 0 amide bonds. The first-order valence-electron chi connectivity index (χ1n) is 4.99. The largest absolute Gasteiger partial charge is 0.865 e. The lowest BCUT2D eigenvalue weighted by molar-refractivity contribution is -0.398. The fourth-order valence-corrected chi connectivity index (χ4v) is 1.40. The van der Waals surface area contributed by atoms with Gasteiger partial charge in [0.15, 0.2) is 0 Å². The van der Waals surface area contributed by atoms with Gasteiger partial charge in [-0.3, -0.25) is 10.1 Å². The number of ether oxygens (including phenoxy) is 1. The van der Waals surface area contributed by atoms with Crippen LogP contribution in [0, 0.1) is 10.1 Å². The number of H-pyrrole nitrogens is 1. The molecule has 2 aromatic rings. The molecule has 0 aliphatic heterocycles. The highest BCUT2D eigenvalue weighted by molar-refractivity contribution is 5.67. The zero-order chi connectivity index (χ0) is 13.1. The van der Waals surface area contributed by atoms with E-state index in [1.807, 2.05) is 0 Å². The summed E-state index contributed by atoms with van der Waals surface area (Å²) < 4.78 is 5.06. The highest BCUT2D eigenvalue weighted by Gasteiger charge is 2.16. The van der Waals surface area contributed by atoms with Crippen LogP contribution >= 0.6 is 0 Å². The van der Waals surface area contributed by atoms with Gasteiger partial charge in [0.1, 0.15) is 5.75 Å². The Morgan fingerprint density at radius 2 is 2.28 bits per heavy atom. The fraction of sp³-hybridized carbons (Fsp3) is 0.222. The van der Waals surface area contributed by atoms with Crippen LogP contribution in [0.25, 0.3) is 11.4 Å². The lowest BCUT2D eigenvalue weighted by atomic mass is 10.1. The molecule has 0 aliphatic carbocycles. The zero-order valence-electron chi connectivity index (χ0n) is 9.28. The van der Waals surface area contributed by atoms with Crippen molar-refractivity contribution in [3.05, 3.63) is 22.2 Å². The maximum Gasteiger partial charge on any atom is 0.266 e. The first-order chi connectivity index (χ1) is 8.63. The van der Waals surface area contributed by atoms with E-state index in [1.165, 1.54) is 6.07 Å². The molecule has 0 spiro atoms. The summed E-state index contributed by atoms with van der Waals surface area (Å²) in [6.07, 6.45) is 0. The summed E-state index contributed by atoms with van der Waals surface area (Å²) in [5.74, 6) is -0.723. The second-order valence-corrected chi connectivity index (χ2v) is 3.25. The van der Waals surface area contributed by atoms with Crippen LogP contribution in [0.1, 0.15) is 6.92 Å². The van der Waals surface area contributed by atoms with E-state index in [1.54, 1.807) is 6.92 Å². The molecular weight excluding hydrogens is 242 g/mol. The molecule has 0 atom stereocenters. The lowest BCUT2D eigenvalue weighted by Crippen LogP contribution is -2.03. The number of nitro benzene ring substituents is 1. The number of nitro groups is 1. The third-order valence-electron chi connectivity index (χ3n) is 2.14. The Bertz CT molecular complexity index is 569. The molecule has 9 nitrogen and oxygen atoms in total. The summed E-state index contributed by atoms with van der Waals surface area (Å²) >= 11 is 0. The van der Waals surface area contributed by atoms with Crippen LogP contribution in [-0.4, -0.2) is 32.2 Å². The van der Waals surface area contributed by atoms with Crippen LogP contribution in [0.4, 0.5) is 5.69 Å². The first kappa shape index (κ1) is 11.8. The minimum absolute atomic E-state index is 0.105. The fourth-order valence-electron chi connectivity index (χ4n) is 1.40. The summed E-state index contributed by atoms with van der Waals surface area (Å²) in [7, 11) is 0. The third-order valence-corrected chi connectivity index (χ3v) is 2.14. The SMILES string of the molecule is CCOc1cc(-c2nn[nH]n2)cc([N+](=O)[O-])c1[O-]. The van der Waals surface area contributed by atoms with Gasteiger partial charge in [-0.1, -0.05) is 0 Å². The van der Waals surface area contributed by atoms with Gasteiger partial charge in [-0.2, -0.15) is 5.21 Å². The molecule has 0 saturated carbocycles. The quantitative estimate of drug-likeness (QED) is 0.607. The van der Waals surface area contributed by atoms with Gasteiger partial charge in [0.05, 0.1) is 11.5 Å². The minimum Gasteiger partial charge on any atom is -0.865 e. The van der Waals surface area contributed by atoms with Gasteiger partial charge in [0, 0.05) is 17.4 Å². The predicted molar refractivity (Wildman–Crippen MR) is 56.9 cm³/mol. The molecule has 2 rings (SSSR count). The van der Waals surface area contributed by atoms with E-state index in [0.29, 0.717) is 5.56 Å². The molecule has 1 aromatic carbocycles. The molecule has 0 radical (unpaired) electrons. The number of tetrazole rings is 1. The molecule has 1 N–H and O–H groups in total. The first-order valence-corrected chi connectivity index (χ1v) is 4.99. The maximum absolute atomic E-state index is 11.7. The van der Waals surface area contributed by atoms with Crippen LogP contribution in [0.15, 0.2) is 12.1 Å². The van der Waals surface area contributed by atoms with Crippen molar-refractivity contribution in [2.75, 3.05) is 6.61 Å². The van der Waals surface area contributed by atoms with Gasteiger partial charge in [0.2, 0.25) is 5.82 Å². The highest BCUT2D eigenvalue weighted by atomic mass is 16.6. The second-order valence-electron chi connectivity index (χ2n) is 3.25. The van der Waals surface area contributed by atoms with Crippen molar-refractivity contribution < 1.29 is 14.8 Å². The Kier molecular flexibility index (Phi) is 3.04. The molecule has 9 heteroatoms. The van der Waals surface area contributed by atoms with E-state index >= 15 is 0 Å². The van der Waals surface area contributed by atoms with E-state index in [9.17, 15) is 15.2 Å². The number of benzene rings is 1. The summed E-state index contributed by atoms with van der Waals surface area (Å²) in [6.45, 7) is 1.90. The Morgan fingerprint density at radius 3 is 2.83 bits per heavy atom. The van der Waals surface area contributed by atoms with Crippen molar-refractivity contribution >= 4 is 5.69 Å². The third kappa shape index (κ3) is 2.05. The lowest BCUT2D eigenvalue weighted by Gasteiger charge is -2.14. The van der Waals surface area contributed by atoms with E-state index in [2.05, 4.69) is 20.6 Å². The molecule has 94 valence electrons. The van der Waals surface area contributed by atoms with E-state index in [-0.39, 0.29) is 18.2 Å². The average molecular weight is 250 g/mol. The molecule has 0 unspecified atom stereocenters. The number of aromatic nitrogens is 4. The number of hydrogen-bond acceptors (Lipinski definition) is 7. The molecule has 0 bridgehead atoms. The zero-order valence-corrected chi connectivity index (χ0v) is 9.28. The van der Waals surface area contributed by atoms with Crippen LogP contribution in [0.5, 0.6) is 11.5 Å². The monoisotopic (exact) mass is 250 g/mol. The smallest absolute Gasteiger partial charge is 0.266 e.